The monoisotopic (exact) mass is 754 g/mol. The molecular formula is C44H83NO8. The molecule has 7 atom stereocenters. The summed E-state index contributed by atoms with van der Waals surface area (Å²) >= 11 is 0. The molecule has 1 amide bonds. The van der Waals surface area contributed by atoms with Gasteiger partial charge >= 0.3 is 0 Å². The highest BCUT2D eigenvalue weighted by Crippen LogP contribution is 2.22. The van der Waals surface area contributed by atoms with Crippen LogP contribution in [0.15, 0.2) is 24.3 Å². The van der Waals surface area contributed by atoms with Gasteiger partial charge in [-0.25, -0.2) is 0 Å². The Morgan fingerprint density at radius 1 is 0.623 bits per heavy atom. The van der Waals surface area contributed by atoms with Crippen LogP contribution in [0.4, 0.5) is 0 Å². The molecule has 0 aromatic rings. The number of aliphatic hydroxyl groups excluding tert-OH is 5. The second kappa shape index (κ2) is 35.1. The van der Waals surface area contributed by atoms with Crippen LogP contribution in [-0.4, -0.2) is 87.5 Å². The fourth-order valence-corrected chi connectivity index (χ4v) is 6.94. The van der Waals surface area contributed by atoms with Crippen molar-refractivity contribution in [2.24, 2.45) is 0 Å². The van der Waals surface area contributed by atoms with Crippen molar-refractivity contribution < 1.29 is 39.8 Å². The minimum Gasteiger partial charge on any atom is -0.394 e. The SMILES string of the molecule is CCCCCCCCCCC/C=C/CC/C=C/C(O)C(COC1OC(CO)C(O)C(O)C1O)NC(=O)CCCCCCCCCCCCCCCCC. The summed E-state index contributed by atoms with van der Waals surface area (Å²) in [5.74, 6) is -0.186. The predicted octanol–water partition coefficient (Wildman–Crippen LogP) is 8.72. The average Bonchev–Trinajstić information content (AvgIpc) is 3.16. The summed E-state index contributed by atoms with van der Waals surface area (Å²) in [6.07, 6.45) is 33.6. The highest BCUT2D eigenvalue weighted by molar-refractivity contribution is 5.76. The number of unbranched alkanes of at least 4 members (excludes halogenated alkanes) is 24. The molecule has 1 aliphatic rings. The van der Waals surface area contributed by atoms with Crippen LogP contribution < -0.4 is 5.32 Å². The Labute approximate surface area is 324 Å². The zero-order valence-electron chi connectivity index (χ0n) is 34.0. The van der Waals surface area contributed by atoms with Crippen molar-refractivity contribution in [3.8, 4) is 0 Å². The zero-order chi connectivity index (χ0) is 38.8. The van der Waals surface area contributed by atoms with Crippen LogP contribution in [0.3, 0.4) is 0 Å². The smallest absolute Gasteiger partial charge is 0.220 e. The first kappa shape index (κ1) is 49.7. The number of rotatable bonds is 36. The third-order valence-electron chi connectivity index (χ3n) is 10.5. The lowest BCUT2D eigenvalue weighted by Gasteiger charge is -2.40. The normalized spacial score (nSPS) is 21.8. The second-order valence-corrected chi connectivity index (χ2v) is 15.5. The van der Waals surface area contributed by atoms with Gasteiger partial charge in [0.15, 0.2) is 6.29 Å². The van der Waals surface area contributed by atoms with E-state index in [0.717, 1.165) is 38.5 Å². The molecule has 53 heavy (non-hydrogen) atoms. The molecule has 9 heteroatoms. The number of nitrogens with one attached hydrogen (secondary N) is 1. The third-order valence-corrected chi connectivity index (χ3v) is 10.5. The van der Waals surface area contributed by atoms with E-state index in [1.165, 1.54) is 135 Å². The van der Waals surface area contributed by atoms with Gasteiger partial charge in [-0.05, 0) is 32.1 Å². The van der Waals surface area contributed by atoms with Crippen molar-refractivity contribution in [1.82, 2.24) is 5.32 Å². The molecule has 0 spiro atoms. The molecule has 9 nitrogen and oxygen atoms in total. The lowest BCUT2D eigenvalue weighted by atomic mass is 9.99. The van der Waals surface area contributed by atoms with Gasteiger partial charge in [0.05, 0.1) is 25.4 Å². The van der Waals surface area contributed by atoms with Gasteiger partial charge in [-0.3, -0.25) is 4.79 Å². The molecule has 0 bridgehead atoms. The first-order valence-corrected chi connectivity index (χ1v) is 22.1. The van der Waals surface area contributed by atoms with E-state index in [-0.39, 0.29) is 12.5 Å². The van der Waals surface area contributed by atoms with Gasteiger partial charge in [0.25, 0.3) is 0 Å². The summed E-state index contributed by atoms with van der Waals surface area (Å²) in [5.41, 5.74) is 0. The van der Waals surface area contributed by atoms with Crippen LogP contribution in [0.25, 0.3) is 0 Å². The largest absolute Gasteiger partial charge is 0.394 e. The molecule has 1 rings (SSSR count). The minimum absolute atomic E-state index is 0.186. The topological polar surface area (TPSA) is 149 Å². The molecular weight excluding hydrogens is 670 g/mol. The predicted molar refractivity (Wildman–Crippen MR) is 217 cm³/mol. The van der Waals surface area contributed by atoms with E-state index in [9.17, 15) is 30.3 Å². The van der Waals surface area contributed by atoms with E-state index in [1.54, 1.807) is 6.08 Å². The summed E-state index contributed by atoms with van der Waals surface area (Å²) in [6, 6.07) is -0.815. The summed E-state index contributed by atoms with van der Waals surface area (Å²) in [5, 5.41) is 54.1. The molecule has 312 valence electrons. The van der Waals surface area contributed by atoms with Gasteiger partial charge < -0.3 is 40.3 Å². The van der Waals surface area contributed by atoms with Crippen molar-refractivity contribution in [2.75, 3.05) is 13.2 Å². The van der Waals surface area contributed by atoms with Gasteiger partial charge in [0, 0.05) is 6.42 Å². The number of allylic oxidation sites excluding steroid dienone is 3. The van der Waals surface area contributed by atoms with E-state index >= 15 is 0 Å². The Hall–Kier alpha value is -1.33. The Morgan fingerprint density at radius 2 is 1.08 bits per heavy atom. The molecule has 6 N–H and O–H groups in total. The maximum Gasteiger partial charge on any atom is 0.220 e. The maximum atomic E-state index is 12.9. The molecule has 7 unspecified atom stereocenters. The highest BCUT2D eigenvalue weighted by atomic mass is 16.7. The number of carbonyl (C=O) groups is 1. The lowest BCUT2D eigenvalue weighted by molar-refractivity contribution is -0.302. The number of carbonyl (C=O) groups excluding carboxylic acids is 1. The van der Waals surface area contributed by atoms with Crippen molar-refractivity contribution in [3.63, 3.8) is 0 Å². The highest BCUT2D eigenvalue weighted by Gasteiger charge is 2.44. The van der Waals surface area contributed by atoms with Gasteiger partial charge in [0.1, 0.15) is 24.4 Å². The maximum absolute atomic E-state index is 12.9. The van der Waals surface area contributed by atoms with Crippen molar-refractivity contribution in [3.05, 3.63) is 24.3 Å². The van der Waals surface area contributed by atoms with Gasteiger partial charge in [-0.15, -0.1) is 0 Å². The van der Waals surface area contributed by atoms with Crippen LogP contribution >= 0.6 is 0 Å². The lowest BCUT2D eigenvalue weighted by Crippen LogP contribution is -2.60. The van der Waals surface area contributed by atoms with E-state index in [4.69, 9.17) is 9.47 Å². The Bertz CT molecular complexity index is 883. The van der Waals surface area contributed by atoms with Crippen molar-refractivity contribution in [2.45, 2.75) is 236 Å². The first-order chi connectivity index (χ1) is 25.8. The molecule has 0 aromatic heterocycles. The zero-order valence-corrected chi connectivity index (χ0v) is 34.0. The summed E-state index contributed by atoms with van der Waals surface area (Å²) in [6.45, 7) is 3.75. The number of ether oxygens (including phenoxy) is 2. The van der Waals surface area contributed by atoms with Gasteiger partial charge in [-0.2, -0.15) is 0 Å². The Balaban J connectivity index is 2.41. The molecule has 1 heterocycles. The third kappa shape index (κ3) is 26.2. The van der Waals surface area contributed by atoms with Crippen LogP contribution in [0.5, 0.6) is 0 Å². The van der Waals surface area contributed by atoms with Gasteiger partial charge in [0.2, 0.25) is 5.91 Å². The van der Waals surface area contributed by atoms with E-state index in [1.807, 2.05) is 6.08 Å². The van der Waals surface area contributed by atoms with Gasteiger partial charge in [-0.1, -0.05) is 179 Å². The van der Waals surface area contributed by atoms with E-state index in [2.05, 4.69) is 31.3 Å². The minimum atomic E-state index is -1.57. The molecule has 0 aliphatic carbocycles. The number of hydrogen-bond acceptors (Lipinski definition) is 8. The molecule has 1 saturated heterocycles. The molecule has 1 aliphatic heterocycles. The Kier molecular flexibility index (Phi) is 32.9. The summed E-state index contributed by atoms with van der Waals surface area (Å²) in [4.78, 5) is 12.9. The molecule has 0 aromatic carbocycles. The van der Waals surface area contributed by atoms with Crippen LogP contribution in [0.2, 0.25) is 0 Å². The van der Waals surface area contributed by atoms with Crippen molar-refractivity contribution in [1.29, 1.82) is 0 Å². The van der Waals surface area contributed by atoms with Crippen LogP contribution in [0, 0.1) is 0 Å². The van der Waals surface area contributed by atoms with E-state index in [0.29, 0.717) is 6.42 Å². The summed E-state index contributed by atoms with van der Waals surface area (Å²) in [7, 11) is 0. The van der Waals surface area contributed by atoms with Crippen molar-refractivity contribution >= 4 is 5.91 Å². The van der Waals surface area contributed by atoms with Crippen LogP contribution in [0.1, 0.15) is 194 Å². The summed E-state index contributed by atoms with van der Waals surface area (Å²) < 4.78 is 11.2. The first-order valence-electron chi connectivity index (χ1n) is 22.1. The number of hydrogen-bond donors (Lipinski definition) is 6. The average molecular weight is 754 g/mol. The number of aliphatic hydroxyl groups is 5. The second-order valence-electron chi connectivity index (χ2n) is 15.5. The van der Waals surface area contributed by atoms with Crippen LogP contribution in [-0.2, 0) is 14.3 Å². The fourth-order valence-electron chi connectivity index (χ4n) is 6.94. The van der Waals surface area contributed by atoms with E-state index < -0.39 is 49.5 Å². The molecule has 1 fully saturated rings. The quantitative estimate of drug-likeness (QED) is 0.0275. The Morgan fingerprint density at radius 3 is 1.58 bits per heavy atom. The standard InChI is InChI=1S/C44H83NO8/c1-3-5-7-9-11-13-15-17-19-21-23-25-27-29-31-33-38(47)37(36-52-44-43(51)42(50)41(49)39(35-46)53-44)45-40(48)34-32-30-28-26-24-22-20-18-16-14-12-10-8-6-4-2/h23,25,31,33,37-39,41-44,46-47,49-51H,3-22,24,26-30,32,34-36H2,1-2H3,(H,45,48)/b25-23+,33-31+. The number of amides is 1. The molecule has 0 radical (unpaired) electrons. The fraction of sp³-hybridized carbons (Fsp3) is 0.886. The molecule has 0 saturated carbocycles.